The number of thiophene rings is 1. The molecule has 1 aromatic carbocycles. The lowest BCUT2D eigenvalue weighted by atomic mass is 10.2. The SMILES string of the molecule is CNS(=O)(=O)c1ccc(/C=C/C(=O)N(C)Cc2ccc(Cl)s2)cc1. The Kier molecular flexibility index (Phi) is 6.17. The lowest BCUT2D eigenvalue weighted by Gasteiger charge is -2.13. The van der Waals surface area contributed by atoms with Gasteiger partial charge in [-0.2, -0.15) is 0 Å². The number of hydrogen-bond acceptors (Lipinski definition) is 4. The number of sulfonamides is 1. The Bertz CT molecular complexity index is 842. The molecule has 0 radical (unpaired) electrons. The van der Waals surface area contributed by atoms with E-state index in [1.807, 2.05) is 6.07 Å². The number of hydrogen-bond donors (Lipinski definition) is 1. The van der Waals surface area contributed by atoms with Crippen molar-refractivity contribution in [1.29, 1.82) is 0 Å². The molecule has 0 unspecified atom stereocenters. The zero-order valence-corrected chi connectivity index (χ0v) is 15.6. The fraction of sp³-hybridized carbons (Fsp3) is 0.188. The van der Waals surface area contributed by atoms with E-state index in [4.69, 9.17) is 11.6 Å². The average molecular weight is 385 g/mol. The third-order valence-electron chi connectivity index (χ3n) is 3.28. The van der Waals surface area contributed by atoms with Gasteiger partial charge in [-0.1, -0.05) is 23.7 Å². The van der Waals surface area contributed by atoms with E-state index in [9.17, 15) is 13.2 Å². The fourth-order valence-corrected chi connectivity index (χ4v) is 3.79. The van der Waals surface area contributed by atoms with Crippen LogP contribution in [0.3, 0.4) is 0 Å². The van der Waals surface area contributed by atoms with Crippen molar-refractivity contribution < 1.29 is 13.2 Å². The van der Waals surface area contributed by atoms with Crippen molar-refractivity contribution in [3.8, 4) is 0 Å². The molecule has 2 rings (SSSR count). The van der Waals surface area contributed by atoms with Crippen LogP contribution in [0.15, 0.2) is 47.4 Å². The lowest BCUT2D eigenvalue weighted by Crippen LogP contribution is -2.23. The summed E-state index contributed by atoms with van der Waals surface area (Å²) in [6, 6.07) is 9.97. The Labute approximate surface area is 150 Å². The molecule has 0 aliphatic rings. The maximum absolute atomic E-state index is 12.1. The molecule has 0 aliphatic carbocycles. The second kappa shape index (κ2) is 7.94. The first kappa shape index (κ1) is 18.7. The molecule has 128 valence electrons. The molecule has 1 amide bonds. The molecule has 1 N–H and O–H groups in total. The topological polar surface area (TPSA) is 66.5 Å². The van der Waals surface area contributed by atoms with Gasteiger partial charge in [-0.05, 0) is 43.0 Å². The van der Waals surface area contributed by atoms with Gasteiger partial charge in [-0.25, -0.2) is 13.1 Å². The molecule has 0 saturated carbocycles. The maximum atomic E-state index is 12.1. The number of rotatable bonds is 6. The molecule has 0 fully saturated rings. The van der Waals surface area contributed by atoms with Crippen LogP contribution in [0.25, 0.3) is 6.08 Å². The molecule has 1 heterocycles. The van der Waals surface area contributed by atoms with E-state index < -0.39 is 10.0 Å². The molecular formula is C16H17ClN2O3S2. The molecule has 2 aromatic rings. The third kappa shape index (κ3) is 4.91. The summed E-state index contributed by atoms with van der Waals surface area (Å²) < 4.78 is 26.2. The number of halogens is 1. The number of carbonyl (C=O) groups is 1. The van der Waals surface area contributed by atoms with Crippen molar-refractivity contribution in [2.24, 2.45) is 0 Å². The Hall–Kier alpha value is -1.67. The highest BCUT2D eigenvalue weighted by molar-refractivity contribution is 7.89. The number of amides is 1. The third-order valence-corrected chi connectivity index (χ3v) is 5.92. The van der Waals surface area contributed by atoms with Crippen molar-refractivity contribution in [3.63, 3.8) is 0 Å². The van der Waals surface area contributed by atoms with Crippen LogP contribution in [-0.2, 0) is 21.4 Å². The van der Waals surface area contributed by atoms with Crippen molar-refractivity contribution >= 4 is 44.9 Å². The van der Waals surface area contributed by atoms with Crippen LogP contribution in [0.5, 0.6) is 0 Å². The lowest BCUT2D eigenvalue weighted by molar-refractivity contribution is -0.125. The highest BCUT2D eigenvalue weighted by atomic mass is 35.5. The molecule has 5 nitrogen and oxygen atoms in total. The zero-order chi connectivity index (χ0) is 17.7. The van der Waals surface area contributed by atoms with Crippen LogP contribution in [0.1, 0.15) is 10.4 Å². The number of nitrogens with one attached hydrogen (secondary N) is 1. The van der Waals surface area contributed by atoms with Gasteiger partial charge in [0.1, 0.15) is 0 Å². The Balaban J connectivity index is 2.00. The predicted octanol–water partition coefficient (Wildman–Crippen LogP) is 2.98. The number of nitrogens with zero attached hydrogens (tertiary/aromatic N) is 1. The van der Waals surface area contributed by atoms with Crippen molar-refractivity contribution in [2.45, 2.75) is 11.4 Å². The van der Waals surface area contributed by atoms with Gasteiger partial charge in [0.15, 0.2) is 0 Å². The van der Waals surface area contributed by atoms with Crippen molar-refractivity contribution in [2.75, 3.05) is 14.1 Å². The van der Waals surface area contributed by atoms with Crippen LogP contribution in [0, 0.1) is 0 Å². The van der Waals surface area contributed by atoms with Gasteiger partial charge < -0.3 is 4.90 Å². The molecular weight excluding hydrogens is 368 g/mol. The normalized spacial score (nSPS) is 11.8. The highest BCUT2D eigenvalue weighted by Crippen LogP contribution is 2.22. The fourth-order valence-electron chi connectivity index (χ4n) is 1.92. The molecule has 8 heteroatoms. The first-order chi connectivity index (χ1) is 11.3. The van der Waals surface area contributed by atoms with E-state index in [2.05, 4.69) is 4.72 Å². The van der Waals surface area contributed by atoms with E-state index in [1.54, 1.807) is 36.2 Å². The van der Waals surface area contributed by atoms with Crippen LogP contribution in [0.4, 0.5) is 0 Å². The van der Waals surface area contributed by atoms with Crippen LogP contribution in [0.2, 0.25) is 4.34 Å². The minimum Gasteiger partial charge on any atom is -0.337 e. The second-order valence-electron chi connectivity index (χ2n) is 5.01. The molecule has 0 saturated heterocycles. The summed E-state index contributed by atoms with van der Waals surface area (Å²) in [4.78, 5) is 14.9. The molecule has 0 spiro atoms. The van der Waals surface area contributed by atoms with Crippen LogP contribution < -0.4 is 4.72 Å². The minimum absolute atomic E-state index is 0.147. The molecule has 0 bridgehead atoms. The highest BCUT2D eigenvalue weighted by Gasteiger charge is 2.10. The summed E-state index contributed by atoms with van der Waals surface area (Å²) in [5.41, 5.74) is 0.742. The number of benzene rings is 1. The summed E-state index contributed by atoms with van der Waals surface area (Å²) in [6.07, 6.45) is 3.10. The van der Waals surface area contributed by atoms with Gasteiger partial charge in [0.25, 0.3) is 0 Å². The molecule has 1 aromatic heterocycles. The minimum atomic E-state index is -3.45. The van der Waals surface area contributed by atoms with Crippen LogP contribution >= 0.6 is 22.9 Å². The Morgan fingerprint density at radius 2 is 1.92 bits per heavy atom. The second-order valence-corrected chi connectivity index (χ2v) is 8.70. The molecule has 0 aliphatic heterocycles. The monoisotopic (exact) mass is 384 g/mol. The van der Waals surface area contributed by atoms with E-state index >= 15 is 0 Å². The van der Waals surface area contributed by atoms with Gasteiger partial charge in [0, 0.05) is 18.0 Å². The largest absolute Gasteiger partial charge is 0.337 e. The van der Waals surface area contributed by atoms with E-state index in [0.29, 0.717) is 10.9 Å². The summed E-state index contributed by atoms with van der Waals surface area (Å²) >= 11 is 7.31. The van der Waals surface area contributed by atoms with Crippen LogP contribution in [-0.4, -0.2) is 33.3 Å². The summed E-state index contributed by atoms with van der Waals surface area (Å²) in [5.74, 6) is -0.147. The van der Waals surface area contributed by atoms with E-state index in [0.717, 1.165) is 10.4 Å². The Morgan fingerprint density at radius 3 is 2.46 bits per heavy atom. The zero-order valence-electron chi connectivity index (χ0n) is 13.2. The molecule has 24 heavy (non-hydrogen) atoms. The van der Waals surface area contributed by atoms with Crippen molar-refractivity contribution in [3.05, 3.63) is 57.3 Å². The number of likely N-dealkylation sites (N-methyl/N-ethyl adjacent to an activating group) is 1. The summed E-state index contributed by atoms with van der Waals surface area (Å²) in [7, 11) is -0.380. The van der Waals surface area contributed by atoms with Gasteiger partial charge in [-0.3, -0.25) is 4.79 Å². The van der Waals surface area contributed by atoms with Gasteiger partial charge >= 0.3 is 0 Å². The van der Waals surface area contributed by atoms with Gasteiger partial charge in [0.2, 0.25) is 15.9 Å². The Morgan fingerprint density at radius 1 is 1.25 bits per heavy atom. The first-order valence-electron chi connectivity index (χ1n) is 7.03. The smallest absolute Gasteiger partial charge is 0.246 e. The van der Waals surface area contributed by atoms with Gasteiger partial charge in [0.05, 0.1) is 15.8 Å². The average Bonchev–Trinajstić information content (AvgIpc) is 2.97. The van der Waals surface area contributed by atoms with E-state index in [-0.39, 0.29) is 10.8 Å². The first-order valence-corrected chi connectivity index (χ1v) is 9.70. The quantitative estimate of drug-likeness (QED) is 0.778. The molecule has 0 atom stereocenters. The van der Waals surface area contributed by atoms with Crippen molar-refractivity contribution in [1.82, 2.24) is 9.62 Å². The standard InChI is InChI=1S/C16H17ClN2O3S2/c1-18-24(21,22)14-7-3-12(4-8-14)5-10-16(20)19(2)11-13-6-9-15(17)23-13/h3-10,18H,11H2,1-2H3/b10-5+. The number of carbonyl (C=O) groups excluding carboxylic acids is 1. The van der Waals surface area contributed by atoms with E-state index in [1.165, 1.54) is 36.6 Å². The predicted molar refractivity (Wildman–Crippen MR) is 97.5 cm³/mol. The summed E-state index contributed by atoms with van der Waals surface area (Å²) in [5, 5.41) is 0. The summed E-state index contributed by atoms with van der Waals surface area (Å²) in [6.45, 7) is 0.486. The maximum Gasteiger partial charge on any atom is 0.246 e. The van der Waals surface area contributed by atoms with Gasteiger partial charge in [-0.15, -0.1) is 11.3 Å².